The number of carbonyl (C=O) groups is 5. The van der Waals surface area contributed by atoms with Crippen LogP contribution in [0.5, 0.6) is 11.5 Å². The Kier molecular flexibility index (Phi) is 12.2. The van der Waals surface area contributed by atoms with Gasteiger partial charge in [0.2, 0.25) is 17.7 Å². The van der Waals surface area contributed by atoms with Gasteiger partial charge in [0.05, 0.1) is 24.9 Å². The molecule has 4 N–H and O–H groups in total. The van der Waals surface area contributed by atoms with Crippen molar-refractivity contribution in [2.45, 2.75) is 109 Å². The van der Waals surface area contributed by atoms with Crippen molar-refractivity contribution in [1.29, 1.82) is 0 Å². The van der Waals surface area contributed by atoms with Crippen LogP contribution in [-0.4, -0.2) is 93.2 Å². The molecule has 3 heterocycles. The molecular formula is C42H52N6O9S. The van der Waals surface area contributed by atoms with Crippen molar-refractivity contribution in [3.8, 4) is 22.9 Å². The van der Waals surface area contributed by atoms with Gasteiger partial charge in [0.1, 0.15) is 47.0 Å². The predicted octanol–water partition coefficient (Wildman–Crippen LogP) is 6.16. The number of alkyl carbamates (subject to hydrolysis) is 1. The molecule has 0 radical (unpaired) electrons. The van der Waals surface area contributed by atoms with Gasteiger partial charge in [0, 0.05) is 41.2 Å². The first-order chi connectivity index (χ1) is 27.4. The Morgan fingerprint density at radius 1 is 1.10 bits per heavy atom. The SMILES string of the molecule is C=C[C@@H]1C[C@]1(NC(=O)[C@@H]1C[C@@H](Oc2cc(-c3csc(NC(=O)CC(C)(C)C)n3)nc3c(C)c(OC)ccc23)CN1C(=O)[C@@H](NC(=O)OC1CCCC1)C(=C)C)C(=O)O. The largest absolute Gasteiger partial charge is 0.496 e. The summed E-state index contributed by atoms with van der Waals surface area (Å²) in [5, 5.41) is 21.1. The van der Waals surface area contributed by atoms with Gasteiger partial charge in [-0.05, 0) is 69.1 Å². The zero-order chi connectivity index (χ0) is 42.1. The maximum Gasteiger partial charge on any atom is 0.408 e. The molecule has 5 atom stereocenters. The Morgan fingerprint density at radius 2 is 1.83 bits per heavy atom. The lowest BCUT2D eigenvalue weighted by atomic mass is 9.92. The standard InChI is InChI=1S/C42H52N6O9S/c1-9-24-18-42(24,38(52)53)47-36(50)30-16-26(20-48(30)37(51)34(22(2)3)46-40(54)57-25-12-10-11-13-25)56-32-17-28(43-35-23(4)31(55-8)15-14-27(32)35)29-21-58-39(44-29)45-33(49)19-41(5,6)7/h9,14-15,17,21,24-26,30,34H,1-2,10-13,16,18-20H2,3-8H3,(H,46,54)(H,47,50)(H,52,53)(H,44,45,49)/t24-,26-,30+,34+,42-/m1/s1. The van der Waals surface area contributed by atoms with E-state index >= 15 is 0 Å². The summed E-state index contributed by atoms with van der Waals surface area (Å²) < 4.78 is 17.9. The number of nitrogens with zero attached hydrogens (tertiary/aromatic N) is 3. The van der Waals surface area contributed by atoms with E-state index in [-0.39, 0.29) is 36.8 Å². The number of carboxylic acids is 1. The average Bonchev–Trinajstić information content (AvgIpc) is 3.56. The van der Waals surface area contributed by atoms with Crippen molar-refractivity contribution in [3.63, 3.8) is 0 Å². The van der Waals surface area contributed by atoms with Gasteiger partial charge in [-0.3, -0.25) is 14.4 Å². The lowest BCUT2D eigenvalue weighted by Crippen LogP contribution is -2.56. The zero-order valence-electron chi connectivity index (χ0n) is 33.8. The number of thiazole rings is 1. The number of amides is 4. The first-order valence-electron chi connectivity index (χ1n) is 19.4. The molecule has 0 bridgehead atoms. The summed E-state index contributed by atoms with van der Waals surface area (Å²) in [4.78, 5) is 77.4. The molecule has 6 rings (SSSR count). The number of likely N-dealkylation sites (tertiary alicyclic amines) is 1. The lowest BCUT2D eigenvalue weighted by molar-refractivity contribution is -0.145. The van der Waals surface area contributed by atoms with E-state index in [9.17, 15) is 29.1 Å². The number of aromatic nitrogens is 2. The number of methoxy groups -OCH3 is 1. The van der Waals surface area contributed by atoms with Crippen molar-refractivity contribution >= 4 is 57.2 Å². The Labute approximate surface area is 341 Å². The van der Waals surface area contributed by atoms with Crippen LogP contribution >= 0.6 is 11.3 Å². The number of aliphatic carboxylic acids is 1. The summed E-state index contributed by atoms with van der Waals surface area (Å²) in [6.07, 6.45) is 3.53. The number of hydrogen-bond acceptors (Lipinski definition) is 11. The molecule has 0 spiro atoms. The molecule has 3 aliphatic rings. The van der Waals surface area contributed by atoms with Crippen molar-refractivity contribution < 1.29 is 43.3 Å². The third kappa shape index (κ3) is 9.11. The minimum atomic E-state index is -1.55. The second kappa shape index (κ2) is 16.8. The van der Waals surface area contributed by atoms with Gasteiger partial charge >= 0.3 is 12.1 Å². The third-order valence-electron chi connectivity index (χ3n) is 10.8. The quantitative estimate of drug-likeness (QED) is 0.136. The molecule has 2 saturated carbocycles. The monoisotopic (exact) mass is 816 g/mol. The number of carboxylic acid groups (broad SMARTS) is 1. The van der Waals surface area contributed by atoms with E-state index in [2.05, 4.69) is 34.1 Å². The molecule has 1 saturated heterocycles. The van der Waals surface area contributed by atoms with Crippen molar-refractivity contribution in [2.24, 2.45) is 11.3 Å². The Bertz CT molecular complexity index is 2140. The summed E-state index contributed by atoms with van der Waals surface area (Å²) in [7, 11) is 1.56. The number of anilines is 1. The average molecular weight is 817 g/mol. The summed E-state index contributed by atoms with van der Waals surface area (Å²) in [5.74, 6) is -2.15. The predicted molar refractivity (Wildman–Crippen MR) is 219 cm³/mol. The molecular weight excluding hydrogens is 765 g/mol. The normalized spacial score (nSPS) is 22.2. The van der Waals surface area contributed by atoms with Crippen molar-refractivity contribution in [3.05, 3.63) is 53.9 Å². The minimum absolute atomic E-state index is 0.00357. The maximum absolute atomic E-state index is 14.4. The Morgan fingerprint density at radius 3 is 2.45 bits per heavy atom. The fourth-order valence-electron chi connectivity index (χ4n) is 7.67. The number of rotatable bonds is 14. The number of ether oxygens (including phenoxy) is 3. The number of fused-ring (bicyclic) bond motifs is 1. The number of nitrogens with one attached hydrogen (secondary N) is 3. The number of pyridine rings is 1. The van der Waals surface area contributed by atoms with Crippen molar-refractivity contribution in [1.82, 2.24) is 25.5 Å². The summed E-state index contributed by atoms with van der Waals surface area (Å²) in [6.45, 7) is 17.0. The highest BCUT2D eigenvalue weighted by Crippen LogP contribution is 2.45. The number of hydrogen-bond donors (Lipinski definition) is 4. The molecule has 2 aliphatic carbocycles. The zero-order valence-corrected chi connectivity index (χ0v) is 34.6. The smallest absolute Gasteiger partial charge is 0.408 e. The molecule has 58 heavy (non-hydrogen) atoms. The second-order valence-corrected chi connectivity index (χ2v) is 17.5. The molecule has 2 aromatic heterocycles. The lowest BCUT2D eigenvalue weighted by Gasteiger charge is -2.29. The Balaban J connectivity index is 1.32. The van der Waals surface area contributed by atoms with Gasteiger partial charge in [-0.25, -0.2) is 19.6 Å². The molecule has 310 valence electrons. The summed E-state index contributed by atoms with van der Waals surface area (Å²) in [5.41, 5.74) is 0.810. The fraction of sp³-hybridized carbons (Fsp3) is 0.500. The summed E-state index contributed by atoms with van der Waals surface area (Å²) >= 11 is 1.26. The van der Waals surface area contributed by atoms with Crippen LogP contribution in [0.4, 0.5) is 9.93 Å². The van der Waals surface area contributed by atoms with Gasteiger partial charge in [-0.1, -0.05) is 33.4 Å². The molecule has 3 fully saturated rings. The molecule has 0 unspecified atom stereocenters. The number of carbonyl (C=O) groups excluding carboxylic acids is 4. The Hall–Kier alpha value is -5.51. The van der Waals surface area contributed by atoms with Crippen LogP contribution in [0.15, 0.2) is 48.4 Å². The number of aryl methyl sites for hydroxylation is 1. The van der Waals surface area contributed by atoms with Crippen LogP contribution in [0.2, 0.25) is 0 Å². The maximum atomic E-state index is 14.4. The first-order valence-corrected chi connectivity index (χ1v) is 20.3. The number of benzene rings is 1. The third-order valence-corrected chi connectivity index (χ3v) is 11.6. The van der Waals surface area contributed by atoms with E-state index in [0.29, 0.717) is 50.9 Å². The minimum Gasteiger partial charge on any atom is -0.496 e. The highest BCUT2D eigenvalue weighted by atomic mass is 32.1. The van der Waals surface area contributed by atoms with E-state index in [0.717, 1.165) is 31.2 Å². The van der Waals surface area contributed by atoms with E-state index in [1.807, 2.05) is 33.8 Å². The molecule has 3 aromatic rings. The van der Waals surface area contributed by atoms with E-state index in [1.54, 1.807) is 31.5 Å². The van der Waals surface area contributed by atoms with E-state index in [1.165, 1.54) is 22.3 Å². The molecule has 16 heteroatoms. The van der Waals surface area contributed by atoms with Gasteiger partial charge in [-0.2, -0.15) is 0 Å². The highest BCUT2D eigenvalue weighted by Gasteiger charge is 2.61. The molecule has 1 aromatic carbocycles. The van der Waals surface area contributed by atoms with Crippen LogP contribution in [-0.2, 0) is 23.9 Å². The highest BCUT2D eigenvalue weighted by molar-refractivity contribution is 7.14. The van der Waals surface area contributed by atoms with Crippen LogP contribution in [0.1, 0.15) is 78.2 Å². The van der Waals surface area contributed by atoms with E-state index in [4.69, 9.17) is 19.2 Å². The first kappa shape index (κ1) is 42.1. The van der Waals surface area contributed by atoms with Crippen LogP contribution < -0.4 is 25.4 Å². The van der Waals surface area contributed by atoms with Crippen LogP contribution in [0.3, 0.4) is 0 Å². The van der Waals surface area contributed by atoms with Gasteiger partial charge in [0.25, 0.3) is 0 Å². The second-order valence-electron chi connectivity index (χ2n) is 16.6. The van der Waals surface area contributed by atoms with Gasteiger partial charge < -0.3 is 40.2 Å². The molecule has 4 amide bonds. The van der Waals surface area contributed by atoms with E-state index < -0.39 is 53.5 Å². The van der Waals surface area contributed by atoms with Crippen molar-refractivity contribution in [2.75, 3.05) is 19.0 Å². The summed E-state index contributed by atoms with van der Waals surface area (Å²) in [6, 6.07) is 2.93. The van der Waals surface area contributed by atoms with Gasteiger partial charge in [0.15, 0.2) is 5.13 Å². The molecule has 1 aliphatic heterocycles. The molecule has 15 nitrogen and oxygen atoms in total. The fourth-order valence-corrected chi connectivity index (χ4v) is 8.39. The van der Waals surface area contributed by atoms with Crippen LogP contribution in [0, 0.1) is 18.3 Å². The van der Waals surface area contributed by atoms with Gasteiger partial charge in [-0.15, -0.1) is 17.9 Å². The topological polar surface area (TPSA) is 198 Å². The van der Waals surface area contributed by atoms with Crippen LogP contribution in [0.25, 0.3) is 22.3 Å².